The molecule has 2 rings (SSSR count). The molecule has 26 heavy (non-hydrogen) atoms. The predicted octanol–water partition coefficient (Wildman–Crippen LogP) is 2.83. The minimum absolute atomic E-state index is 0.371. The zero-order valence-corrected chi connectivity index (χ0v) is 15.8. The Morgan fingerprint density at radius 1 is 1.27 bits per heavy atom. The van der Waals surface area contributed by atoms with Crippen molar-refractivity contribution in [2.75, 3.05) is 13.2 Å². The number of carbonyl (C=O) groups excluding carboxylic acids is 3. The van der Waals surface area contributed by atoms with Crippen molar-refractivity contribution in [2.45, 2.75) is 24.0 Å². The second kappa shape index (κ2) is 10.6. The molecule has 0 saturated heterocycles. The third kappa shape index (κ3) is 6.49. The number of benzene rings is 1. The van der Waals surface area contributed by atoms with E-state index in [4.69, 9.17) is 4.74 Å². The summed E-state index contributed by atoms with van der Waals surface area (Å²) in [6.07, 6.45) is 0.756. The molecule has 0 aliphatic rings. The molecule has 0 aliphatic carbocycles. The number of thioether (sulfide) groups is 1. The Bertz CT molecular complexity index is 750. The van der Waals surface area contributed by atoms with Gasteiger partial charge in [-0.1, -0.05) is 19.1 Å². The van der Waals surface area contributed by atoms with Gasteiger partial charge in [-0.25, -0.2) is 14.6 Å². The van der Waals surface area contributed by atoms with E-state index < -0.39 is 24.5 Å². The van der Waals surface area contributed by atoms with Crippen LogP contribution in [0.2, 0.25) is 0 Å². The number of urea groups is 1. The van der Waals surface area contributed by atoms with E-state index in [0.717, 1.165) is 17.0 Å². The van der Waals surface area contributed by atoms with E-state index in [1.54, 1.807) is 17.6 Å². The normalized spacial score (nSPS) is 10.2. The summed E-state index contributed by atoms with van der Waals surface area (Å²) in [5.41, 5.74) is 3.06. The summed E-state index contributed by atoms with van der Waals surface area (Å²) >= 11 is 2.98. The van der Waals surface area contributed by atoms with Gasteiger partial charge in [0.05, 0.1) is 16.8 Å². The lowest BCUT2D eigenvalue weighted by Crippen LogP contribution is -2.41. The molecule has 1 aromatic heterocycles. The zero-order valence-electron chi connectivity index (χ0n) is 14.2. The van der Waals surface area contributed by atoms with Gasteiger partial charge in [-0.05, 0) is 18.6 Å². The molecule has 0 fully saturated rings. The van der Waals surface area contributed by atoms with E-state index in [0.29, 0.717) is 17.9 Å². The molecule has 1 aromatic carbocycles. The number of aromatic nitrogens is 1. The van der Waals surface area contributed by atoms with Crippen molar-refractivity contribution in [1.29, 1.82) is 0 Å². The smallest absolute Gasteiger partial charge is 0.339 e. The Balaban J connectivity index is 1.86. The average Bonchev–Trinajstić information content (AvgIpc) is 3.16. The van der Waals surface area contributed by atoms with Gasteiger partial charge in [-0.3, -0.25) is 10.1 Å². The van der Waals surface area contributed by atoms with Crippen LogP contribution < -0.4 is 10.6 Å². The van der Waals surface area contributed by atoms with Crippen molar-refractivity contribution >= 4 is 41.0 Å². The monoisotopic (exact) mass is 393 g/mol. The number of imide groups is 1. The van der Waals surface area contributed by atoms with Gasteiger partial charge >= 0.3 is 12.0 Å². The number of carbonyl (C=O) groups is 3. The lowest BCUT2D eigenvalue weighted by Gasteiger charge is -2.09. The first-order valence-electron chi connectivity index (χ1n) is 7.93. The zero-order chi connectivity index (χ0) is 18.8. The second-order valence-corrected chi connectivity index (χ2v) is 6.88. The van der Waals surface area contributed by atoms with E-state index in [1.807, 2.05) is 24.4 Å². The molecule has 0 aliphatic heterocycles. The first-order valence-corrected chi connectivity index (χ1v) is 9.86. The molecular weight excluding hydrogens is 374 g/mol. The third-order valence-electron chi connectivity index (χ3n) is 3.09. The van der Waals surface area contributed by atoms with Crippen molar-refractivity contribution in [3.63, 3.8) is 0 Å². The van der Waals surface area contributed by atoms with Crippen molar-refractivity contribution in [2.24, 2.45) is 0 Å². The van der Waals surface area contributed by atoms with Gasteiger partial charge < -0.3 is 10.1 Å². The third-order valence-corrected chi connectivity index (χ3v) is 4.83. The maximum Gasteiger partial charge on any atom is 0.339 e. The van der Waals surface area contributed by atoms with Crippen LogP contribution in [-0.4, -0.2) is 36.0 Å². The molecule has 2 N–H and O–H groups in total. The number of hydrogen-bond donors (Lipinski definition) is 2. The lowest BCUT2D eigenvalue weighted by molar-refractivity contribution is -0.123. The number of nitrogens with zero attached hydrogens (tertiary/aromatic N) is 1. The van der Waals surface area contributed by atoms with Crippen LogP contribution in [-0.2, 0) is 15.3 Å². The number of hydrogen-bond acceptors (Lipinski definition) is 7. The van der Waals surface area contributed by atoms with E-state index in [9.17, 15) is 14.4 Å². The lowest BCUT2D eigenvalue weighted by atomic mass is 10.2. The fourth-order valence-electron chi connectivity index (χ4n) is 1.88. The highest BCUT2D eigenvalue weighted by Crippen LogP contribution is 2.26. The summed E-state index contributed by atoms with van der Waals surface area (Å²) in [6.45, 7) is 1.83. The molecule has 0 saturated carbocycles. The first-order chi connectivity index (χ1) is 12.6. The van der Waals surface area contributed by atoms with E-state index in [2.05, 4.69) is 15.6 Å². The van der Waals surface area contributed by atoms with Gasteiger partial charge in [-0.2, -0.15) is 0 Å². The SMILES string of the molecule is CCCNC(=O)NC(=O)COC(=O)c1ccccc1SCc1cscn1. The quantitative estimate of drug-likeness (QED) is 0.529. The molecule has 0 unspecified atom stereocenters. The van der Waals surface area contributed by atoms with Gasteiger partial charge in [-0.15, -0.1) is 23.1 Å². The number of amides is 3. The Morgan fingerprint density at radius 2 is 2.08 bits per heavy atom. The van der Waals surface area contributed by atoms with Crippen LogP contribution in [0.4, 0.5) is 4.79 Å². The van der Waals surface area contributed by atoms with Gasteiger partial charge in [0.2, 0.25) is 0 Å². The Kier molecular flexibility index (Phi) is 8.10. The van der Waals surface area contributed by atoms with Crippen LogP contribution >= 0.6 is 23.1 Å². The summed E-state index contributed by atoms with van der Waals surface area (Å²) in [6, 6.07) is 6.39. The van der Waals surface area contributed by atoms with Crippen LogP contribution in [0.1, 0.15) is 29.4 Å². The fraction of sp³-hybridized carbons (Fsp3) is 0.294. The van der Waals surface area contributed by atoms with E-state index in [-0.39, 0.29) is 0 Å². The maximum absolute atomic E-state index is 12.3. The topological polar surface area (TPSA) is 97.4 Å². The molecule has 0 radical (unpaired) electrons. The van der Waals surface area contributed by atoms with Gasteiger partial charge in [0.25, 0.3) is 5.91 Å². The maximum atomic E-state index is 12.3. The highest BCUT2D eigenvalue weighted by atomic mass is 32.2. The number of thiazole rings is 1. The highest BCUT2D eigenvalue weighted by molar-refractivity contribution is 7.98. The van der Waals surface area contributed by atoms with Gasteiger partial charge in [0.1, 0.15) is 0 Å². The average molecular weight is 393 g/mol. The number of nitrogens with one attached hydrogen (secondary N) is 2. The molecule has 3 amide bonds. The number of esters is 1. The molecule has 0 spiro atoms. The summed E-state index contributed by atoms with van der Waals surface area (Å²) < 4.78 is 5.02. The fourth-order valence-corrected chi connectivity index (χ4v) is 3.48. The van der Waals surface area contributed by atoms with Crippen LogP contribution in [0.5, 0.6) is 0 Å². The Hall–Kier alpha value is -2.39. The van der Waals surface area contributed by atoms with Gasteiger partial charge in [0, 0.05) is 22.6 Å². The second-order valence-electron chi connectivity index (χ2n) is 5.14. The van der Waals surface area contributed by atoms with Crippen LogP contribution in [0, 0.1) is 0 Å². The number of rotatable bonds is 8. The summed E-state index contributed by atoms with van der Waals surface area (Å²) in [5.74, 6) is -0.665. The largest absolute Gasteiger partial charge is 0.452 e. The molecule has 0 bridgehead atoms. The molecule has 138 valence electrons. The molecule has 1 heterocycles. The Morgan fingerprint density at radius 3 is 2.81 bits per heavy atom. The summed E-state index contributed by atoms with van der Waals surface area (Å²) in [5, 5.41) is 6.55. The summed E-state index contributed by atoms with van der Waals surface area (Å²) in [4.78, 5) is 40.3. The standard InChI is InChI=1S/C17H19N3O4S2/c1-2-7-18-17(23)20-15(21)8-24-16(22)13-5-3-4-6-14(13)26-10-12-9-25-11-19-12/h3-6,9,11H,2,7-8,10H2,1H3,(H2,18,20,21,23). The van der Waals surface area contributed by atoms with Crippen LogP contribution in [0.15, 0.2) is 40.1 Å². The molecule has 7 nitrogen and oxygen atoms in total. The first kappa shape index (κ1) is 19.9. The van der Waals surface area contributed by atoms with Crippen molar-refractivity contribution in [3.05, 3.63) is 46.4 Å². The minimum Gasteiger partial charge on any atom is -0.452 e. The van der Waals surface area contributed by atoms with Crippen molar-refractivity contribution in [1.82, 2.24) is 15.6 Å². The summed E-state index contributed by atoms with van der Waals surface area (Å²) in [7, 11) is 0. The van der Waals surface area contributed by atoms with Gasteiger partial charge in [0.15, 0.2) is 6.61 Å². The highest BCUT2D eigenvalue weighted by Gasteiger charge is 2.16. The van der Waals surface area contributed by atoms with Crippen molar-refractivity contribution in [3.8, 4) is 0 Å². The number of ether oxygens (including phenoxy) is 1. The molecule has 2 aromatic rings. The van der Waals surface area contributed by atoms with Crippen LogP contribution in [0.3, 0.4) is 0 Å². The van der Waals surface area contributed by atoms with E-state index in [1.165, 1.54) is 23.1 Å². The molecule has 0 atom stereocenters. The minimum atomic E-state index is -0.681. The van der Waals surface area contributed by atoms with Crippen LogP contribution in [0.25, 0.3) is 0 Å². The Labute approximate surface area is 159 Å². The van der Waals surface area contributed by atoms with E-state index >= 15 is 0 Å². The molecule has 9 heteroatoms. The molecular formula is C17H19N3O4S2. The van der Waals surface area contributed by atoms with Crippen molar-refractivity contribution < 1.29 is 19.1 Å². The predicted molar refractivity (Wildman–Crippen MR) is 100 cm³/mol.